The maximum atomic E-state index is 13.6. The van der Waals surface area contributed by atoms with E-state index in [9.17, 15) is 19.8 Å². The number of nitrogens with zero attached hydrogens (tertiary/aromatic N) is 7. The number of amides is 1. The van der Waals surface area contributed by atoms with Gasteiger partial charge >= 0.3 is 5.97 Å². The molecular formula is C32H35N7O4. The molecular weight excluding hydrogens is 546 g/mol. The molecule has 1 aromatic carbocycles. The Hall–Kier alpha value is -4.51. The fourth-order valence-corrected chi connectivity index (χ4v) is 7.15. The van der Waals surface area contributed by atoms with Crippen molar-refractivity contribution in [2.45, 2.75) is 38.2 Å². The van der Waals surface area contributed by atoms with Crippen LogP contribution in [0.3, 0.4) is 0 Å². The van der Waals surface area contributed by atoms with Crippen LogP contribution in [0.4, 0.5) is 11.4 Å². The van der Waals surface area contributed by atoms with Gasteiger partial charge in [0.25, 0.3) is 5.91 Å². The number of carboxylic acids is 1. The van der Waals surface area contributed by atoms with Crippen LogP contribution in [0, 0.1) is 5.41 Å². The highest BCUT2D eigenvalue weighted by Crippen LogP contribution is 2.42. The lowest BCUT2D eigenvalue weighted by Gasteiger charge is -2.26. The number of pyridine rings is 2. The minimum Gasteiger partial charge on any atom is -0.477 e. The number of fused-ring (bicyclic) bond motifs is 1. The van der Waals surface area contributed by atoms with Crippen molar-refractivity contribution in [3.05, 3.63) is 83.6 Å². The largest absolute Gasteiger partial charge is 0.477 e. The molecule has 0 aliphatic carbocycles. The van der Waals surface area contributed by atoms with Gasteiger partial charge < -0.3 is 24.9 Å². The number of aliphatic hydroxyl groups is 1. The van der Waals surface area contributed by atoms with Crippen molar-refractivity contribution in [1.82, 2.24) is 24.5 Å². The molecule has 3 saturated heterocycles. The second kappa shape index (κ2) is 10.3. The first-order chi connectivity index (χ1) is 20.8. The maximum absolute atomic E-state index is 13.6. The third-order valence-electron chi connectivity index (χ3n) is 9.66. The number of benzene rings is 1. The van der Waals surface area contributed by atoms with E-state index in [0.717, 1.165) is 56.8 Å². The van der Waals surface area contributed by atoms with E-state index >= 15 is 0 Å². The van der Waals surface area contributed by atoms with Crippen molar-refractivity contribution < 1.29 is 19.8 Å². The summed E-state index contributed by atoms with van der Waals surface area (Å²) in [6.45, 7) is 6.56. The highest BCUT2D eigenvalue weighted by molar-refractivity contribution is 5.91. The van der Waals surface area contributed by atoms with Gasteiger partial charge in [0.15, 0.2) is 5.65 Å². The number of hydrogen-bond acceptors (Lipinski definition) is 8. The van der Waals surface area contributed by atoms with Crippen molar-refractivity contribution in [2.75, 3.05) is 49.1 Å². The van der Waals surface area contributed by atoms with Crippen LogP contribution in [0.15, 0.2) is 60.9 Å². The molecule has 2 atom stereocenters. The van der Waals surface area contributed by atoms with Crippen molar-refractivity contribution in [3.8, 4) is 0 Å². The van der Waals surface area contributed by atoms with E-state index in [2.05, 4.69) is 56.1 Å². The Morgan fingerprint density at radius 3 is 2.49 bits per heavy atom. The van der Waals surface area contributed by atoms with Gasteiger partial charge in [-0.25, -0.2) is 19.3 Å². The van der Waals surface area contributed by atoms with Crippen LogP contribution in [-0.4, -0.2) is 85.8 Å². The molecule has 11 nitrogen and oxygen atoms in total. The Bertz CT molecular complexity index is 1710. The summed E-state index contributed by atoms with van der Waals surface area (Å²) < 4.78 is 1.64. The molecule has 222 valence electrons. The molecule has 3 aliphatic heterocycles. The van der Waals surface area contributed by atoms with Gasteiger partial charge in [0.1, 0.15) is 5.69 Å². The highest BCUT2D eigenvalue weighted by Gasteiger charge is 2.45. The van der Waals surface area contributed by atoms with E-state index in [4.69, 9.17) is 0 Å². The van der Waals surface area contributed by atoms with Gasteiger partial charge in [-0.15, -0.1) is 5.10 Å². The molecule has 4 aromatic rings. The van der Waals surface area contributed by atoms with Crippen LogP contribution in [0.1, 0.15) is 58.4 Å². The van der Waals surface area contributed by atoms with E-state index in [1.165, 1.54) is 11.8 Å². The zero-order valence-corrected chi connectivity index (χ0v) is 24.2. The molecule has 6 heterocycles. The molecule has 11 heteroatoms. The number of carbonyl (C=O) groups excluding carboxylic acids is 1. The molecule has 1 amide bonds. The van der Waals surface area contributed by atoms with Gasteiger partial charge in [0.05, 0.1) is 18.5 Å². The minimum atomic E-state index is -1.05. The van der Waals surface area contributed by atoms with E-state index in [1.54, 1.807) is 10.6 Å². The molecule has 0 saturated carbocycles. The zero-order valence-electron chi connectivity index (χ0n) is 24.2. The van der Waals surface area contributed by atoms with Crippen LogP contribution in [0.25, 0.3) is 5.65 Å². The van der Waals surface area contributed by atoms with Crippen LogP contribution in [0.2, 0.25) is 0 Å². The smallest absolute Gasteiger partial charge is 0.354 e. The highest BCUT2D eigenvalue weighted by atomic mass is 16.4. The first-order valence-electron chi connectivity index (χ1n) is 14.8. The number of carboxylic acid groups (broad SMARTS) is 1. The van der Waals surface area contributed by atoms with Crippen molar-refractivity contribution in [1.29, 1.82) is 0 Å². The van der Waals surface area contributed by atoms with E-state index in [1.807, 2.05) is 29.3 Å². The Balaban J connectivity index is 1.08. The summed E-state index contributed by atoms with van der Waals surface area (Å²) in [6, 6.07) is 16.0. The lowest BCUT2D eigenvalue weighted by atomic mass is 9.82. The molecule has 43 heavy (non-hydrogen) atoms. The van der Waals surface area contributed by atoms with Gasteiger partial charge in [-0.3, -0.25) is 4.79 Å². The fourth-order valence-electron chi connectivity index (χ4n) is 7.15. The summed E-state index contributed by atoms with van der Waals surface area (Å²) in [6.07, 6.45) is 6.23. The fraction of sp³-hybridized carbons (Fsp3) is 0.406. The quantitative estimate of drug-likeness (QED) is 0.353. The second-order valence-electron chi connectivity index (χ2n) is 12.5. The average Bonchev–Trinajstić information content (AvgIpc) is 3.83. The summed E-state index contributed by atoms with van der Waals surface area (Å²) >= 11 is 0. The first-order valence-corrected chi connectivity index (χ1v) is 14.8. The molecule has 7 rings (SSSR count). The van der Waals surface area contributed by atoms with E-state index in [0.29, 0.717) is 24.3 Å². The predicted octanol–water partition coefficient (Wildman–Crippen LogP) is 3.23. The normalized spacial score (nSPS) is 23.6. The molecule has 2 N–H and O–H groups in total. The number of carbonyl (C=O) groups is 2. The molecule has 3 aliphatic rings. The Labute approximate surface area is 249 Å². The monoisotopic (exact) mass is 581 g/mol. The number of anilines is 2. The molecule has 0 bridgehead atoms. The molecule has 3 fully saturated rings. The van der Waals surface area contributed by atoms with E-state index < -0.39 is 5.97 Å². The number of rotatable bonds is 6. The molecule has 3 aromatic heterocycles. The van der Waals surface area contributed by atoms with Gasteiger partial charge in [-0.05, 0) is 43.0 Å². The van der Waals surface area contributed by atoms with Crippen molar-refractivity contribution in [2.24, 2.45) is 5.41 Å². The Morgan fingerprint density at radius 2 is 1.70 bits per heavy atom. The lowest BCUT2D eigenvalue weighted by Crippen LogP contribution is -2.34. The molecule has 1 unspecified atom stereocenters. The van der Waals surface area contributed by atoms with Gasteiger partial charge in [-0.2, -0.15) is 0 Å². The third kappa shape index (κ3) is 4.87. The van der Waals surface area contributed by atoms with Crippen molar-refractivity contribution >= 4 is 28.9 Å². The van der Waals surface area contributed by atoms with Crippen LogP contribution < -0.4 is 9.80 Å². The number of likely N-dealkylation sites (tertiary alicyclic amines) is 1. The summed E-state index contributed by atoms with van der Waals surface area (Å²) in [5.74, 6) is -1.12. The van der Waals surface area contributed by atoms with Gasteiger partial charge in [0.2, 0.25) is 5.82 Å². The number of aromatic nitrogens is 4. The number of aromatic carboxylic acids is 1. The van der Waals surface area contributed by atoms with E-state index in [-0.39, 0.29) is 34.9 Å². The lowest BCUT2D eigenvalue weighted by molar-refractivity contribution is 0.0689. The second-order valence-corrected chi connectivity index (χ2v) is 12.5. The number of hydrogen-bond donors (Lipinski definition) is 2. The Kier molecular flexibility index (Phi) is 6.57. The summed E-state index contributed by atoms with van der Waals surface area (Å²) in [5, 5.41) is 24.1. The third-order valence-corrected chi connectivity index (χ3v) is 9.66. The first kappa shape index (κ1) is 27.3. The summed E-state index contributed by atoms with van der Waals surface area (Å²) in [4.78, 5) is 39.9. The standard InChI is InChI=1S/C32H35N7O4/c1-31(23-5-3-2-4-6-23)8-12-36(19-31)25-15-22(18-40)28-34-27(35-39(28)17-25)29(41)38-14-10-32(21-38)9-13-37(20-32)24-7-11-33-26(16-24)30(42)43/h2-7,11,15-17,40H,8-10,12-14,18-21H2,1H3,(H,42,43)/t31-,32?/m0/s1. The summed E-state index contributed by atoms with van der Waals surface area (Å²) in [5.41, 5.74) is 4.23. The van der Waals surface area contributed by atoms with Gasteiger partial charge in [0, 0.05) is 67.5 Å². The van der Waals surface area contributed by atoms with Crippen LogP contribution >= 0.6 is 0 Å². The van der Waals surface area contributed by atoms with Crippen LogP contribution in [-0.2, 0) is 12.0 Å². The Morgan fingerprint density at radius 1 is 0.930 bits per heavy atom. The molecule has 1 spiro atoms. The predicted molar refractivity (Wildman–Crippen MR) is 161 cm³/mol. The average molecular weight is 582 g/mol. The molecule has 0 radical (unpaired) electrons. The SMILES string of the molecule is C[C@]1(c2ccccc2)CCN(c2cc(CO)c3nc(C(=O)N4CCC5(CCN(c6ccnc(C(=O)O)c6)C5)C4)nn3c2)C1. The number of aliphatic hydroxyl groups excluding tert-OH is 1. The minimum absolute atomic E-state index is 0.0244. The zero-order chi connectivity index (χ0) is 29.8. The maximum Gasteiger partial charge on any atom is 0.354 e. The topological polar surface area (TPSA) is 127 Å². The van der Waals surface area contributed by atoms with Crippen molar-refractivity contribution in [3.63, 3.8) is 0 Å². The summed E-state index contributed by atoms with van der Waals surface area (Å²) in [7, 11) is 0. The van der Waals surface area contributed by atoms with Crippen LogP contribution in [0.5, 0.6) is 0 Å². The van der Waals surface area contributed by atoms with Gasteiger partial charge in [-0.1, -0.05) is 37.3 Å².